The topological polar surface area (TPSA) is 56.3 Å². The Labute approximate surface area is 110 Å². The molecule has 0 aromatic carbocycles. The number of nitrogens with one attached hydrogen (secondary N) is 1. The summed E-state index contributed by atoms with van der Waals surface area (Å²) >= 11 is 1.69. The van der Waals surface area contributed by atoms with Crippen molar-refractivity contribution in [3.63, 3.8) is 0 Å². The fourth-order valence-corrected chi connectivity index (χ4v) is 2.21. The van der Waals surface area contributed by atoms with Gasteiger partial charge in [0.15, 0.2) is 0 Å². The second-order valence-electron chi connectivity index (χ2n) is 3.66. The van der Waals surface area contributed by atoms with E-state index >= 15 is 0 Å². The first-order valence-electron chi connectivity index (χ1n) is 5.50. The van der Waals surface area contributed by atoms with Gasteiger partial charge < -0.3 is 14.8 Å². The second-order valence-corrected chi connectivity index (χ2v) is 4.64. The molecule has 18 heavy (non-hydrogen) atoms. The van der Waals surface area contributed by atoms with E-state index in [1.54, 1.807) is 31.6 Å². The number of hydrogen-bond acceptors (Lipinski definition) is 6. The normalized spacial score (nSPS) is 11.9. The second kappa shape index (κ2) is 5.68. The van der Waals surface area contributed by atoms with Crippen LogP contribution >= 0.6 is 11.3 Å². The van der Waals surface area contributed by atoms with Gasteiger partial charge in [0.05, 0.1) is 26.3 Å². The minimum atomic E-state index is 0.141. The fraction of sp³-hybridized carbons (Fsp3) is 0.333. The van der Waals surface area contributed by atoms with Crippen LogP contribution in [0.3, 0.4) is 0 Å². The molecule has 1 N–H and O–H groups in total. The third-order valence-corrected chi connectivity index (χ3v) is 3.47. The fourth-order valence-electron chi connectivity index (χ4n) is 1.48. The Hall–Kier alpha value is -1.82. The zero-order chi connectivity index (χ0) is 13.0. The molecule has 5 nitrogen and oxygen atoms in total. The van der Waals surface area contributed by atoms with E-state index in [1.807, 2.05) is 11.4 Å². The Morgan fingerprint density at radius 1 is 1.22 bits per heavy atom. The Bertz CT molecular complexity index is 480. The maximum Gasteiger partial charge on any atom is 0.229 e. The highest BCUT2D eigenvalue weighted by molar-refractivity contribution is 7.10. The zero-order valence-electron chi connectivity index (χ0n) is 10.5. The lowest BCUT2D eigenvalue weighted by Gasteiger charge is -2.13. The summed E-state index contributed by atoms with van der Waals surface area (Å²) in [6.07, 6.45) is 0. The Kier molecular flexibility index (Phi) is 3.99. The van der Waals surface area contributed by atoms with Gasteiger partial charge in [0.25, 0.3) is 0 Å². The van der Waals surface area contributed by atoms with Crippen LogP contribution < -0.4 is 14.8 Å². The summed E-state index contributed by atoms with van der Waals surface area (Å²) in [5.41, 5.74) is 0. The van der Waals surface area contributed by atoms with Crippen molar-refractivity contribution < 1.29 is 9.47 Å². The lowest BCUT2D eigenvalue weighted by atomic mass is 10.3. The van der Waals surface area contributed by atoms with Gasteiger partial charge in [-0.25, -0.2) is 0 Å². The molecular weight excluding hydrogens is 250 g/mol. The highest BCUT2D eigenvalue weighted by Gasteiger charge is 2.10. The number of thiophene rings is 1. The first-order valence-corrected chi connectivity index (χ1v) is 6.38. The van der Waals surface area contributed by atoms with Gasteiger partial charge in [-0.2, -0.15) is 9.97 Å². The molecule has 0 fully saturated rings. The number of rotatable bonds is 5. The van der Waals surface area contributed by atoms with Crippen molar-refractivity contribution in [1.29, 1.82) is 0 Å². The first kappa shape index (κ1) is 12.6. The molecule has 0 aliphatic rings. The Balaban J connectivity index is 2.17. The molecule has 0 saturated carbocycles. The van der Waals surface area contributed by atoms with Crippen molar-refractivity contribution in [2.24, 2.45) is 0 Å². The Morgan fingerprint density at radius 2 is 1.89 bits per heavy atom. The first-order chi connectivity index (χ1) is 8.72. The summed E-state index contributed by atoms with van der Waals surface area (Å²) in [7, 11) is 3.13. The molecule has 6 heteroatoms. The minimum Gasteiger partial charge on any atom is -0.481 e. The number of nitrogens with zero attached hydrogens (tertiary/aromatic N) is 2. The van der Waals surface area contributed by atoms with Crippen molar-refractivity contribution in [3.05, 3.63) is 28.5 Å². The number of aromatic nitrogens is 2. The van der Waals surface area contributed by atoms with E-state index in [4.69, 9.17) is 9.47 Å². The number of ether oxygens (including phenoxy) is 2. The van der Waals surface area contributed by atoms with Crippen LogP contribution in [0.5, 0.6) is 11.8 Å². The summed E-state index contributed by atoms with van der Waals surface area (Å²) in [5.74, 6) is 1.44. The van der Waals surface area contributed by atoms with Gasteiger partial charge in [0.1, 0.15) is 0 Å². The molecule has 0 radical (unpaired) electrons. The molecule has 2 rings (SSSR count). The van der Waals surface area contributed by atoms with Gasteiger partial charge in [-0.1, -0.05) is 6.07 Å². The highest BCUT2D eigenvalue weighted by Crippen LogP contribution is 2.24. The molecule has 2 aromatic rings. The average molecular weight is 265 g/mol. The predicted molar refractivity (Wildman–Crippen MR) is 71.5 cm³/mol. The van der Waals surface area contributed by atoms with Crippen molar-refractivity contribution in [2.45, 2.75) is 13.0 Å². The van der Waals surface area contributed by atoms with E-state index in [0.29, 0.717) is 17.7 Å². The van der Waals surface area contributed by atoms with Crippen LogP contribution in [0, 0.1) is 0 Å². The van der Waals surface area contributed by atoms with Gasteiger partial charge in [-0.3, -0.25) is 0 Å². The third kappa shape index (κ3) is 2.89. The van der Waals surface area contributed by atoms with Crippen LogP contribution in [0.15, 0.2) is 23.6 Å². The monoisotopic (exact) mass is 265 g/mol. The smallest absolute Gasteiger partial charge is 0.229 e. The third-order valence-electron chi connectivity index (χ3n) is 2.41. The molecule has 0 bridgehead atoms. The highest BCUT2D eigenvalue weighted by atomic mass is 32.1. The standard InChI is InChI=1S/C12H15N3O2S/c1-8(9-5-4-6-18-9)13-12-14-10(16-2)7-11(15-12)17-3/h4-8H,1-3H3,(H,13,14,15). The largest absolute Gasteiger partial charge is 0.481 e. The summed E-state index contributed by atoms with van der Waals surface area (Å²) in [6, 6.07) is 5.87. The quantitative estimate of drug-likeness (QED) is 0.900. The molecule has 2 heterocycles. The van der Waals surface area contributed by atoms with Crippen molar-refractivity contribution >= 4 is 17.3 Å². The van der Waals surface area contributed by atoms with Gasteiger partial charge in [0.2, 0.25) is 17.7 Å². The van der Waals surface area contributed by atoms with Crippen molar-refractivity contribution in [1.82, 2.24) is 9.97 Å². The maximum absolute atomic E-state index is 5.10. The molecule has 0 aliphatic carbocycles. The molecule has 2 aromatic heterocycles. The minimum absolute atomic E-state index is 0.141. The molecule has 0 aliphatic heterocycles. The van der Waals surface area contributed by atoms with Gasteiger partial charge in [0, 0.05) is 4.88 Å². The average Bonchev–Trinajstić information content (AvgIpc) is 2.92. The van der Waals surface area contributed by atoms with Gasteiger partial charge in [-0.15, -0.1) is 11.3 Å². The van der Waals surface area contributed by atoms with E-state index in [-0.39, 0.29) is 6.04 Å². The molecule has 1 atom stereocenters. The van der Waals surface area contributed by atoms with E-state index in [2.05, 4.69) is 28.3 Å². The van der Waals surface area contributed by atoms with Crippen LogP contribution in [0.2, 0.25) is 0 Å². The molecular formula is C12H15N3O2S. The molecule has 0 amide bonds. The van der Waals surface area contributed by atoms with Gasteiger partial charge >= 0.3 is 0 Å². The van der Waals surface area contributed by atoms with Crippen LogP contribution in [0.25, 0.3) is 0 Å². The van der Waals surface area contributed by atoms with Gasteiger partial charge in [-0.05, 0) is 18.4 Å². The number of anilines is 1. The summed E-state index contributed by atoms with van der Waals surface area (Å²) in [4.78, 5) is 9.68. The van der Waals surface area contributed by atoms with E-state index < -0.39 is 0 Å². The van der Waals surface area contributed by atoms with Crippen LogP contribution in [-0.4, -0.2) is 24.2 Å². The maximum atomic E-state index is 5.10. The zero-order valence-corrected chi connectivity index (χ0v) is 11.3. The predicted octanol–water partition coefficient (Wildman–Crippen LogP) is 2.73. The van der Waals surface area contributed by atoms with Crippen molar-refractivity contribution in [2.75, 3.05) is 19.5 Å². The summed E-state index contributed by atoms with van der Waals surface area (Å²) in [5, 5.41) is 5.26. The lowest BCUT2D eigenvalue weighted by molar-refractivity contribution is 0.372. The number of methoxy groups -OCH3 is 2. The Morgan fingerprint density at radius 3 is 2.39 bits per heavy atom. The van der Waals surface area contributed by atoms with E-state index in [9.17, 15) is 0 Å². The SMILES string of the molecule is COc1cc(OC)nc(NC(C)c2cccs2)n1. The van der Waals surface area contributed by atoms with Crippen LogP contribution in [0.4, 0.5) is 5.95 Å². The van der Waals surface area contributed by atoms with Crippen LogP contribution in [-0.2, 0) is 0 Å². The lowest BCUT2D eigenvalue weighted by Crippen LogP contribution is -2.09. The molecule has 0 spiro atoms. The number of hydrogen-bond donors (Lipinski definition) is 1. The molecule has 0 saturated heterocycles. The molecule has 96 valence electrons. The molecule has 1 unspecified atom stereocenters. The van der Waals surface area contributed by atoms with Crippen molar-refractivity contribution in [3.8, 4) is 11.8 Å². The summed E-state index contributed by atoms with van der Waals surface area (Å²) in [6.45, 7) is 2.06. The van der Waals surface area contributed by atoms with E-state index in [0.717, 1.165) is 0 Å². The van der Waals surface area contributed by atoms with E-state index in [1.165, 1.54) is 4.88 Å². The van der Waals surface area contributed by atoms with Crippen LogP contribution in [0.1, 0.15) is 17.8 Å². The summed E-state index contributed by atoms with van der Waals surface area (Å²) < 4.78 is 10.2.